The predicted molar refractivity (Wildman–Crippen MR) is 79.5 cm³/mol. The maximum Gasteiger partial charge on any atom is 0.151 e. The van der Waals surface area contributed by atoms with Crippen LogP contribution < -0.4 is 20.7 Å². The third-order valence-electron chi connectivity index (χ3n) is 2.80. The average Bonchev–Trinajstić information content (AvgIpc) is 2.53. The Balaban J connectivity index is 2.44. The summed E-state index contributed by atoms with van der Waals surface area (Å²) in [5.74, 6) is 7.45. The number of nitrogens with two attached hydrogens (primary N) is 1. The van der Waals surface area contributed by atoms with Crippen LogP contribution in [0.3, 0.4) is 0 Å². The minimum Gasteiger partial charge on any atom is -0.497 e. The van der Waals surface area contributed by atoms with Crippen LogP contribution in [0.2, 0.25) is 0 Å². The van der Waals surface area contributed by atoms with Crippen molar-refractivity contribution in [3.05, 3.63) is 54.1 Å². The molecule has 0 radical (unpaired) electrons. The van der Waals surface area contributed by atoms with Gasteiger partial charge in [-0.25, -0.2) is 10.8 Å². The zero-order valence-corrected chi connectivity index (χ0v) is 11.5. The zero-order chi connectivity index (χ0) is 14.4. The standard InChI is InChI=1S/C15H17N3O2/c1-19-12-8-9-13(14(10-12)20-2)15(18-16)17-11-6-4-3-5-7-11/h3-10H,16H2,1-2H3,(H,17,18). The highest BCUT2D eigenvalue weighted by molar-refractivity contribution is 6.02. The molecule has 0 saturated carbocycles. The van der Waals surface area contributed by atoms with Gasteiger partial charge in [0.25, 0.3) is 0 Å². The molecular formula is C15H17N3O2. The van der Waals surface area contributed by atoms with Gasteiger partial charge in [-0.05, 0) is 24.3 Å². The molecule has 2 aromatic rings. The van der Waals surface area contributed by atoms with E-state index in [2.05, 4.69) is 10.4 Å². The molecular weight excluding hydrogens is 254 g/mol. The Kier molecular flexibility index (Phi) is 4.57. The molecule has 0 unspecified atom stereocenters. The van der Waals surface area contributed by atoms with Gasteiger partial charge in [0.15, 0.2) is 5.84 Å². The topological polar surface area (TPSA) is 68.9 Å². The summed E-state index contributed by atoms with van der Waals surface area (Å²) in [6, 6.07) is 15.0. The molecule has 0 aliphatic rings. The maximum atomic E-state index is 5.58. The normalized spacial score (nSPS) is 11.1. The first-order chi connectivity index (χ1) is 9.78. The third kappa shape index (κ3) is 3.07. The SMILES string of the molecule is COc1ccc(C(=Nc2ccccc2)NN)c(OC)c1. The van der Waals surface area contributed by atoms with Crippen LogP contribution in [0.25, 0.3) is 0 Å². The molecule has 5 nitrogen and oxygen atoms in total. The molecule has 3 N–H and O–H groups in total. The van der Waals surface area contributed by atoms with Gasteiger partial charge >= 0.3 is 0 Å². The Hall–Kier alpha value is -2.53. The lowest BCUT2D eigenvalue weighted by Crippen LogP contribution is -2.31. The quantitative estimate of drug-likeness (QED) is 0.387. The molecule has 2 rings (SSSR count). The fourth-order valence-corrected chi connectivity index (χ4v) is 1.80. The third-order valence-corrected chi connectivity index (χ3v) is 2.80. The summed E-state index contributed by atoms with van der Waals surface area (Å²) < 4.78 is 10.5. The highest BCUT2D eigenvalue weighted by Crippen LogP contribution is 2.25. The molecule has 0 saturated heterocycles. The van der Waals surface area contributed by atoms with E-state index >= 15 is 0 Å². The van der Waals surface area contributed by atoms with Crippen molar-refractivity contribution in [1.29, 1.82) is 0 Å². The van der Waals surface area contributed by atoms with Gasteiger partial charge in [-0.2, -0.15) is 0 Å². The minimum atomic E-state index is 0.524. The second kappa shape index (κ2) is 6.58. The van der Waals surface area contributed by atoms with Crippen molar-refractivity contribution >= 4 is 11.5 Å². The fraction of sp³-hybridized carbons (Fsp3) is 0.133. The summed E-state index contributed by atoms with van der Waals surface area (Å²) in [4.78, 5) is 4.47. The highest BCUT2D eigenvalue weighted by Gasteiger charge is 2.10. The van der Waals surface area contributed by atoms with Crippen molar-refractivity contribution < 1.29 is 9.47 Å². The van der Waals surface area contributed by atoms with E-state index in [9.17, 15) is 0 Å². The summed E-state index contributed by atoms with van der Waals surface area (Å²) in [5, 5.41) is 0. The summed E-state index contributed by atoms with van der Waals surface area (Å²) >= 11 is 0. The number of amidine groups is 1. The van der Waals surface area contributed by atoms with Gasteiger partial charge in [0.05, 0.1) is 25.5 Å². The summed E-state index contributed by atoms with van der Waals surface area (Å²) in [6.45, 7) is 0. The number of benzene rings is 2. The Labute approximate surface area is 118 Å². The maximum absolute atomic E-state index is 5.58. The van der Waals surface area contributed by atoms with E-state index in [1.165, 1.54) is 0 Å². The number of nitrogens with zero attached hydrogens (tertiary/aromatic N) is 1. The first-order valence-corrected chi connectivity index (χ1v) is 6.11. The second-order valence-corrected chi connectivity index (χ2v) is 4.01. The van der Waals surface area contributed by atoms with Crippen LogP contribution in [0.5, 0.6) is 11.5 Å². The van der Waals surface area contributed by atoms with E-state index in [1.807, 2.05) is 42.5 Å². The summed E-state index contributed by atoms with van der Waals surface area (Å²) in [6.07, 6.45) is 0. The number of para-hydroxylation sites is 1. The Morgan fingerprint density at radius 2 is 1.80 bits per heavy atom. The fourth-order valence-electron chi connectivity index (χ4n) is 1.80. The number of methoxy groups -OCH3 is 2. The van der Waals surface area contributed by atoms with Crippen LogP contribution >= 0.6 is 0 Å². The molecule has 0 aliphatic carbocycles. The first-order valence-electron chi connectivity index (χ1n) is 6.11. The average molecular weight is 271 g/mol. The molecule has 2 aromatic carbocycles. The molecule has 0 heterocycles. The summed E-state index contributed by atoms with van der Waals surface area (Å²) in [7, 11) is 3.20. The predicted octanol–water partition coefficient (Wildman–Crippen LogP) is 2.25. The van der Waals surface area contributed by atoms with Crippen LogP contribution in [0.4, 0.5) is 5.69 Å². The molecule has 0 amide bonds. The van der Waals surface area contributed by atoms with Crippen LogP contribution in [0.1, 0.15) is 5.56 Å². The van der Waals surface area contributed by atoms with Crippen molar-refractivity contribution in [3.8, 4) is 11.5 Å². The van der Waals surface area contributed by atoms with E-state index in [4.69, 9.17) is 15.3 Å². The molecule has 0 aromatic heterocycles. The van der Waals surface area contributed by atoms with Gasteiger partial charge < -0.3 is 14.9 Å². The van der Waals surface area contributed by atoms with Crippen LogP contribution in [0.15, 0.2) is 53.5 Å². The van der Waals surface area contributed by atoms with Crippen molar-refractivity contribution in [2.75, 3.05) is 14.2 Å². The Morgan fingerprint density at radius 3 is 2.40 bits per heavy atom. The van der Waals surface area contributed by atoms with Gasteiger partial charge in [-0.15, -0.1) is 0 Å². The second-order valence-electron chi connectivity index (χ2n) is 4.01. The zero-order valence-electron chi connectivity index (χ0n) is 11.5. The van der Waals surface area contributed by atoms with E-state index in [-0.39, 0.29) is 0 Å². The smallest absolute Gasteiger partial charge is 0.151 e. The van der Waals surface area contributed by atoms with E-state index in [0.29, 0.717) is 17.3 Å². The number of rotatable bonds is 4. The van der Waals surface area contributed by atoms with Gasteiger partial charge in [0, 0.05) is 6.07 Å². The Morgan fingerprint density at radius 1 is 1.05 bits per heavy atom. The lowest BCUT2D eigenvalue weighted by atomic mass is 10.1. The molecule has 0 aliphatic heterocycles. The largest absolute Gasteiger partial charge is 0.497 e. The number of aliphatic imine (C=N–C) groups is 1. The van der Waals surface area contributed by atoms with Crippen molar-refractivity contribution in [2.45, 2.75) is 0 Å². The Bertz CT molecular complexity index is 597. The molecule has 104 valence electrons. The number of hydrazine groups is 1. The summed E-state index contributed by atoms with van der Waals surface area (Å²) in [5.41, 5.74) is 4.18. The molecule has 5 heteroatoms. The van der Waals surface area contributed by atoms with E-state index in [1.54, 1.807) is 20.3 Å². The molecule has 0 bridgehead atoms. The van der Waals surface area contributed by atoms with Crippen LogP contribution in [-0.2, 0) is 0 Å². The van der Waals surface area contributed by atoms with Crippen molar-refractivity contribution in [3.63, 3.8) is 0 Å². The van der Waals surface area contributed by atoms with Gasteiger partial charge in [-0.1, -0.05) is 18.2 Å². The highest BCUT2D eigenvalue weighted by atomic mass is 16.5. The van der Waals surface area contributed by atoms with Gasteiger partial charge in [-0.3, -0.25) is 0 Å². The van der Waals surface area contributed by atoms with Crippen molar-refractivity contribution in [2.24, 2.45) is 10.8 Å². The number of hydrogen-bond acceptors (Lipinski definition) is 4. The van der Waals surface area contributed by atoms with E-state index in [0.717, 1.165) is 11.3 Å². The van der Waals surface area contributed by atoms with Crippen LogP contribution in [-0.4, -0.2) is 20.1 Å². The number of nitrogens with one attached hydrogen (secondary N) is 1. The number of hydrogen-bond donors (Lipinski definition) is 2. The number of ether oxygens (including phenoxy) is 2. The molecule has 0 atom stereocenters. The van der Waals surface area contributed by atoms with Crippen LogP contribution in [0, 0.1) is 0 Å². The molecule has 0 fully saturated rings. The minimum absolute atomic E-state index is 0.524. The lowest BCUT2D eigenvalue weighted by Gasteiger charge is -2.12. The first kappa shape index (κ1) is 13.9. The van der Waals surface area contributed by atoms with Gasteiger partial charge in [0.2, 0.25) is 0 Å². The van der Waals surface area contributed by atoms with Crippen molar-refractivity contribution in [1.82, 2.24) is 5.43 Å². The molecule has 20 heavy (non-hydrogen) atoms. The van der Waals surface area contributed by atoms with E-state index < -0.39 is 0 Å². The monoisotopic (exact) mass is 271 g/mol. The van der Waals surface area contributed by atoms with Gasteiger partial charge in [0.1, 0.15) is 11.5 Å². The molecule has 0 spiro atoms. The lowest BCUT2D eigenvalue weighted by molar-refractivity contribution is 0.393.